The fourth-order valence-corrected chi connectivity index (χ4v) is 6.81. The Morgan fingerprint density at radius 2 is 0.882 bits per heavy atom. The van der Waals surface area contributed by atoms with Crippen molar-refractivity contribution in [3.63, 3.8) is 0 Å². The van der Waals surface area contributed by atoms with Crippen molar-refractivity contribution in [2.45, 2.75) is 76.0 Å². The number of esters is 3. The summed E-state index contributed by atoms with van der Waals surface area (Å²) in [6.07, 6.45) is 0. The summed E-state index contributed by atoms with van der Waals surface area (Å²) in [6, 6.07) is 8.13. The molecule has 2 aliphatic rings. The van der Waals surface area contributed by atoms with E-state index in [1.165, 1.54) is 26.8 Å². The highest BCUT2D eigenvalue weighted by Crippen LogP contribution is 2.36. The number of hydrogen-bond donors (Lipinski definition) is 11. The predicted octanol–water partition coefficient (Wildman–Crippen LogP) is 4.10. The van der Waals surface area contributed by atoms with Crippen molar-refractivity contribution in [2.24, 2.45) is 0 Å². The zero-order chi connectivity index (χ0) is 57.2. The minimum absolute atomic E-state index is 0. The minimum Gasteiger partial charge on any atom is -0.504 e. The van der Waals surface area contributed by atoms with Crippen LogP contribution in [0.15, 0.2) is 66.4 Å². The molecule has 24 nitrogen and oxygen atoms in total. The molecule has 0 atom stereocenters. The lowest BCUT2D eigenvalue weighted by Crippen LogP contribution is -2.06. The van der Waals surface area contributed by atoms with Gasteiger partial charge >= 0.3 is 17.9 Å². The molecule has 0 amide bonds. The normalized spacial score (nSPS) is 11.2. The fourth-order valence-electron chi connectivity index (χ4n) is 6.81. The van der Waals surface area contributed by atoms with Gasteiger partial charge in [-0.05, 0) is 114 Å². The highest BCUT2D eigenvalue weighted by molar-refractivity contribution is 6.09. The Labute approximate surface area is 429 Å². The SMILES string of the molecule is C.CC(=O)c1c(O)c(O)c(=O)cc2c1C(=O)OC2.CC(=O)c1cc(O)c(O)c(=O)cc1C.CCOC(=O)c1c(C)cc(=O)c(O)c(O)c1O.Cc1c(O)c(O)c(=O)cc2c1C(=O)OC2.Cc1cc(C)c(O)c(O)c(=O)c1. The van der Waals surface area contributed by atoms with E-state index in [-0.39, 0.29) is 83.3 Å². The molecule has 0 aromatic heterocycles. The van der Waals surface area contributed by atoms with Crippen LogP contribution in [0.3, 0.4) is 0 Å². The van der Waals surface area contributed by atoms with Gasteiger partial charge in [0, 0.05) is 22.3 Å². The quantitative estimate of drug-likeness (QED) is 0.0685. The van der Waals surface area contributed by atoms with Crippen LogP contribution in [0.2, 0.25) is 0 Å². The maximum atomic E-state index is 11.5. The Kier molecular flexibility index (Phi) is 20.9. The number of rotatable bonds is 4. The van der Waals surface area contributed by atoms with Gasteiger partial charge in [-0.15, -0.1) is 0 Å². The molecule has 76 heavy (non-hydrogen) atoms. The third-order valence-corrected chi connectivity index (χ3v) is 10.5. The van der Waals surface area contributed by atoms with Crippen molar-refractivity contribution < 1.29 is 94.4 Å². The van der Waals surface area contributed by atoms with E-state index in [4.69, 9.17) is 14.9 Å². The predicted molar refractivity (Wildman–Crippen MR) is 266 cm³/mol. The van der Waals surface area contributed by atoms with Crippen LogP contribution < -0.4 is 27.1 Å². The number of hydrogen-bond acceptors (Lipinski definition) is 24. The topological polar surface area (TPSA) is 421 Å². The van der Waals surface area contributed by atoms with Gasteiger partial charge in [-0.3, -0.25) is 33.6 Å². The van der Waals surface area contributed by atoms with Crippen LogP contribution in [0.4, 0.5) is 0 Å². The summed E-state index contributed by atoms with van der Waals surface area (Å²) in [5, 5.41) is 103. The molecule has 11 N–H and O–H groups in total. The van der Waals surface area contributed by atoms with Crippen LogP contribution in [-0.4, -0.2) is 92.3 Å². The molecule has 0 saturated carbocycles. The molecule has 404 valence electrons. The van der Waals surface area contributed by atoms with Crippen LogP contribution in [0.25, 0.3) is 0 Å². The van der Waals surface area contributed by atoms with Crippen LogP contribution in [0.5, 0.6) is 63.2 Å². The molecule has 0 bridgehead atoms. The molecule has 2 aliphatic heterocycles. The number of carbonyl (C=O) groups excluding carboxylic acids is 5. The van der Waals surface area contributed by atoms with Crippen molar-refractivity contribution >= 4 is 29.5 Å². The largest absolute Gasteiger partial charge is 0.504 e. The number of aryl methyl sites for hydroxylation is 4. The Morgan fingerprint density at radius 1 is 0.461 bits per heavy atom. The summed E-state index contributed by atoms with van der Waals surface area (Å²) in [6.45, 7) is 11.7. The molecule has 0 spiro atoms. The second-order valence-electron chi connectivity index (χ2n) is 16.1. The standard InChI is InChI=1S/C11H8O6.C11H12O6.C10H8O5.C10H10O4.C9H10O3.CH4/c1-4(12)7-8-5(3-17-11(8)16)2-6(13)9(14)10(7)15;1-3-17-11(16)7-5(2)4-6(12)8(13)10(15)9(7)14;1-4-7-5(3-15-10(7)14)2-6(11)9(13)8(4)12;1-5-3-8(12)10(14)9(13)4-7(5)6(2)11;1-5-3-6(2)8(11)9(12)7(10)4-5;/h2H,3H2,1H3,(H2,13,14,15);4H,3H2,1-2H3,(H3,12,13,14,15);2H,3H2,1H3,(H2,11,12,13);3-4H,1-2H3,(H2,12,13,14);3-4H,1-2H3,(H2,10,11,12);1H4. The van der Waals surface area contributed by atoms with Gasteiger partial charge in [-0.1, -0.05) is 13.5 Å². The lowest BCUT2D eigenvalue weighted by molar-refractivity contribution is 0.0515. The molecular formula is C52H52O24. The summed E-state index contributed by atoms with van der Waals surface area (Å²) in [5.74, 6) is -11.5. The first-order valence-electron chi connectivity index (χ1n) is 21.4. The van der Waals surface area contributed by atoms with Crippen molar-refractivity contribution in [1.29, 1.82) is 0 Å². The number of aromatic hydroxyl groups is 11. The Hall–Kier alpha value is -10.0. The first-order chi connectivity index (χ1) is 34.8. The zero-order valence-corrected chi connectivity index (χ0v) is 40.9. The number of Topliss-reactive ketones (excluding diaryl/α,β-unsaturated/α-hetero) is 2. The van der Waals surface area contributed by atoms with Crippen LogP contribution >= 0.6 is 0 Å². The summed E-state index contributed by atoms with van der Waals surface area (Å²) in [4.78, 5) is 113. The molecule has 0 saturated heterocycles. The van der Waals surface area contributed by atoms with Gasteiger partial charge in [0.05, 0.1) is 23.3 Å². The molecule has 5 aromatic rings. The number of fused-ring (bicyclic) bond motifs is 2. The molecule has 5 aromatic carbocycles. The Bertz CT molecular complexity index is 3530. The first kappa shape index (κ1) is 62.1. The highest BCUT2D eigenvalue weighted by Gasteiger charge is 2.31. The third-order valence-electron chi connectivity index (χ3n) is 10.5. The second kappa shape index (κ2) is 25.6. The average molecular weight is 1060 g/mol. The Morgan fingerprint density at radius 3 is 1.39 bits per heavy atom. The second-order valence-corrected chi connectivity index (χ2v) is 16.1. The monoisotopic (exact) mass is 1060 g/mol. The fraction of sp³-hybridized carbons (Fsp3) is 0.231. The van der Waals surface area contributed by atoms with Gasteiger partial charge in [0.2, 0.25) is 61.6 Å². The molecule has 24 heteroatoms. The van der Waals surface area contributed by atoms with Gasteiger partial charge in [0.15, 0.2) is 40.3 Å². The number of ether oxygens (including phenoxy) is 3. The number of ketones is 2. The molecule has 0 radical (unpaired) electrons. The molecule has 7 rings (SSSR count). The summed E-state index contributed by atoms with van der Waals surface area (Å²) in [7, 11) is 0. The van der Waals surface area contributed by atoms with Crippen molar-refractivity contribution in [2.75, 3.05) is 6.61 Å². The molecule has 0 aliphatic carbocycles. The smallest absolute Gasteiger partial charge is 0.342 e. The summed E-state index contributed by atoms with van der Waals surface area (Å²) < 4.78 is 14.1. The van der Waals surface area contributed by atoms with Crippen molar-refractivity contribution in [3.8, 4) is 63.2 Å². The number of cyclic esters (lactones) is 2. The average Bonchev–Trinajstić information content (AvgIpc) is 3.76. The molecule has 0 unspecified atom stereocenters. The molecular weight excluding hydrogens is 1010 g/mol. The van der Waals surface area contributed by atoms with Gasteiger partial charge in [0.1, 0.15) is 18.8 Å². The van der Waals surface area contributed by atoms with E-state index in [1.54, 1.807) is 33.8 Å². The minimum atomic E-state index is -1.04. The lowest BCUT2D eigenvalue weighted by atomic mass is 10.0. The Balaban J connectivity index is 0.000000326. The summed E-state index contributed by atoms with van der Waals surface area (Å²) in [5.41, 5.74) is -1.80. The molecule has 2 heterocycles. The number of carbonyl (C=O) groups is 5. The van der Waals surface area contributed by atoms with Gasteiger partial charge in [-0.2, -0.15) is 0 Å². The molecule has 0 fully saturated rings. The zero-order valence-electron chi connectivity index (χ0n) is 40.9. The third kappa shape index (κ3) is 13.9. The summed E-state index contributed by atoms with van der Waals surface area (Å²) >= 11 is 0. The van der Waals surface area contributed by atoms with E-state index in [2.05, 4.69) is 9.47 Å². The van der Waals surface area contributed by atoms with Crippen molar-refractivity contribution in [3.05, 3.63) is 160 Å². The maximum Gasteiger partial charge on any atom is 0.342 e. The van der Waals surface area contributed by atoms with E-state index in [0.717, 1.165) is 37.3 Å². The van der Waals surface area contributed by atoms with E-state index in [9.17, 15) is 93.9 Å². The van der Waals surface area contributed by atoms with E-state index in [0.29, 0.717) is 22.3 Å². The van der Waals surface area contributed by atoms with E-state index >= 15 is 0 Å². The van der Waals surface area contributed by atoms with E-state index in [1.807, 2.05) is 0 Å². The van der Waals surface area contributed by atoms with Crippen molar-refractivity contribution in [1.82, 2.24) is 0 Å². The highest BCUT2D eigenvalue weighted by atomic mass is 16.5. The van der Waals surface area contributed by atoms with Gasteiger partial charge < -0.3 is 70.4 Å². The van der Waals surface area contributed by atoms with Gasteiger partial charge in [-0.25, -0.2) is 14.4 Å². The van der Waals surface area contributed by atoms with Crippen LogP contribution in [0, 0.1) is 34.6 Å². The lowest BCUT2D eigenvalue weighted by Gasteiger charge is -2.04. The first-order valence-corrected chi connectivity index (χ1v) is 21.4. The van der Waals surface area contributed by atoms with Gasteiger partial charge in [0.25, 0.3) is 0 Å². The maximum absolute atomic E-state index is 11.5. The van der Waals surface area contributed by atoms with Crippen LogP contribution in [0.1, 0.15) is 119 Å². The van der Waals surface area contributed by atoms with E-state index < -0.39 is 108 Å². The van der Waals surface area contributed by atoms with Crippen LogP contribution in [-0.2, 0) is 27.4 Å².